The summed E-state index contributed by atoms with van der Waals surface area (Å²) >= 11 is 0. The molecule has 1 aliphatic heterocycles. The normalized spacial score (nSPS) is 21.5. The standard InChI is InChI=1S/C12H25N3O/c1-5-6-11-12(16)15(9-13-11)8-7-14(4)10(2)3/h10-11,13H,5-9H2,1-4H3. The largest absolute Gasteiger partial charge is 0.327 e. The van der Waals surface area contributed by atoms with Crippen LogP contribution in [0, 0.1) is 0 Å². The van der Waals surface area contributed by atoms with Gasteiger partial charge in [0, 0.05) is 19.1 Å². The molecule has 0 spiro atoms. The highest BCUT2D eigenvalue weighted by Gasteiger charge is 2.29. The molecule has 0 aliphatic carbocycles. The first-order valence-corrected chi connectivity index (χ1v) is 6.28. The fraction of sp³-hybridized carbons (Fsp3) is 0.917. The van der Waals surface area contributed by atoms with Gasteiger partial charge in [0.25, 0.3) is 0 Å². The summed E-state index contributed by atoms with van der Waals surface area (Å²) in [6, 6.07) is 0.603. The molecule has 0 aromatic heterocycles. The molecule has 1 heterocycles. The van der Waals surface area contributed by atoms with Crippen molar-refractivity contribution in [3.8, 4) is 0 Å². The van der Waals surface area contributed by atoms with E-state index >= 15 is 0 Å². The fourth-order valence-corrected chi connectivity index (χ4v) is 1.85. The minimum absolute atomic E-state index is 0.0642. The Bertz CT molecular complexity index is 230. The Morgan fingerprint density at radius 1 is 1.56 bits per heavy atom. The van der Waals surface area contributed by atoms with Crippen LogP contribution in [0.15, 0.2) is 0 Å². The molecular formula is C12H25N3O. The van der Waals surface area contributed by atoms with Gasteiger partial charge in [-0.05, 0) is 27.3 Å². The maximum atomic E-state index is 11.9. The molecule has 1 rings (SSSR count). The molecule has 1 fully saturated rings. The molecule has 0 aromatic carbocycles. The van der Waals surface area contributed by atoms with Crippen LogP contribution < -0.4 is 5.32 Å². The van der Waals surface area contributed by atoms with Crippen LogP contribution in [0.1, 0.15) is 33.6 Å². The highest BCUT2D eigenvalue weighted by atomic mass is 16.2. The molecule has 0 aromatic rings. The van der Waals surface area contributed by atoms with E-state index in [2.05, 4.69) is 38.0 Å². The number of amides is 1. The van der Waals surface area contributed by atoms with E-state index in [4.69, 9.17) is 0 Å². The van der Waals surface area contributed by atoms with Crippen LogP contribution in [-0.2, 0) is 4.79 Å². The summed E-state index contributed by atoms with van der Waals surface area (Å²) in [5.41, 5.74) is 0. The molecule has 1 amide bonds. The zero-order valence-electron chi connectivity index (χ0n) is 11.0. The topological polar surface area (TPSA) is 35.6 Å². The third kappa shape index (κ3) is 3.46. The Labute approximate surface area is 99.0 Å². The number of carbonyl (C=O) groups excluding carboxylic acids is 1. The van der Waals surface area contributed by atoms with Crippen LogP contribution in [0.4, 0.5) is 0 Å². The first-order valence-electron chi connectivity index (χ1n) is 6.28. The second-order valence-corrected chi connectivity index (χ2v) is 4.88. The molecule has 0 radical (unpaired) electrons. The van der Waals surface area contributed by atoms with Crippen molar-refractivity contribution in [2.75, 3.05) is 26.8 Å². The first kappa shape index (κ1) is 13.5. The molecule has 16 heavy (non-hydrogen) atoms. The highest BCUT2D eigenvalue weighted by Crippen LogP contribution is 2.08. The molecule has 1 aliphatic rings. The maximum absolute atomic E-state index is 11.9. The van der Waals surface area contributed by atoms with E-state index in [9.17, 15) is 4.79 Å². The van der Waals surface area contributed by atoms with Crippen LogP contribution in [0.25, 0.3) is 0 Å². The second-order valence-electron chi connectivity index (χ2n) is 4.88. The van der Waals surface area contributed by atoms with E-state index in [1.807, 2.05) is 4.90 Å². The number of nitrogens with zero attached hydrogens (tertiary/aromatic N) is 2. The van der Waals surface area contributed by atoms with E-state index in [-0.39, 0.29) is 11.9 Å². The summed E-state index contributed by atoms with van der Waals surface area (Å²) in [6.45, 7) is 8.96. The predicted octanol–water partition coefficient (Wildman–Crippen LogP) is 0.885. The minimum atomic E-state index is 0.0642. The third-order valence-electron chi connectivity index (χ3n) is 3.32. The lowest BCUT2D eigenvalue weighted by Gasteiger charge is -2.24. The van der Waals surface area contributed by atoms with E-state index < -0.39 is 0 Å². The van der Waals surface area contributed by atoms with Gasteiger partial charge in [-0.15, -0.1) is 0 Å². The van der Waals surface area contributed by atoms with Gasteiger partial charge in [-0.25, -0.2) is 0 Å². The molecule has 1 N–H and O–H groups in total. The Morgan fingerprint density at radius 2 is 2.25 bits per heavy atom. The van der Waals surface area contributed by atoms with Crippen molar-refractivity contribution in [3.05, 3.63) is 0 Å². The number of carbonyl (C=O) groups is 1. The summed E-state index contributed by atoms with van der Waals surface area (Å²) in [4.78, 5) is 16.1. The zero-order chi connectivity index (χ0) is 12.1. The molecule has 0 saturated carbocycles. The Hall–Kier alpha value is -0.610. The summed E-state index contributed by atoms with van der Waals surface area (Å²) in [5.74, 6) is 0.277. The van der Waals surface area contributed by atoms with Crippen LogP contribution in [-0.4, -0.2) is 54.6 Å². The molecule has 4 heteroatoms. The quantitative estimate of drug-likeness (QED) is 0.732. The number of rotatable bonds is 6. The van der Waals surface area contributed by atoms with Gasteiger partial charge in [0.1, 0.15) is 0 Å². The Morgan fingerprint density at radius 3 is 2.81 bits per heavy atom. The van der Waals surface area contributed by atoms with Crippen LogP contribution in [0.2, 0.25) is 0 Å². The van der Waals surface area contributed by atoms with Gasteiger partial charge in [-0.3, -0.25) is 10.1 Å². The van der Waals surface area contributed by atoms with Gasteiger partial charge in [0.15, 0.2) is 0 Å². The molecule has 4 nitrogen and oxygen atoms in total. The lowest BCUT2D eigenvalue weighted by molar-refractivity contribution is -0.129. The average molecular weight is 227 g/mol. The summed E-state index contributed by atoms with van der Waals surface area (Å²) in [6.07, 6.45) is 2.01. The van der Waals surface area contributed by atoms with Gasteiger partial charge in [-0.1, -0.05) is 13.3 Å². The molecule has 1 atom stereocenters. The smallest absolute Gasteiger partial charge is 0.240 e. The minimum Gasteiger partial charge on any atom is -0.327 e. The maximum Gasteiger partial charge on any atom is 0.240 e. The number of nitrogens with one attached hydrogen (secondary N) is 1. The highest BCUT2D eigenvalue weighted by molar-refractivity contribution is 5.83. The second kappa shape index (κ2) is 6.21. The van der Waals surface area contributed by atoms with Crippen molar-refractivity contribution in [3.63, 3.8) is 0 Å². The SMILES string of the molecule is CCCC1NCN(CCN(C)C(C)C)C1=O. The monoisotopic (exact) mass is 227 g/mol. The van der Waals surface area contributed by atoms with Crippen LogP contribution >= 0.6 is 0 Å². The van der Waals surface area contributed by atoms with Crippen LogP contribution in [0.5, 0.6) is 0 Å². The van der Waals surface area contributed by atoms with E-state index in [1.54, 1.807) is 0 Å². The van der Waals surface area contributed by atoms with E-state index in [0.717, 1.165) is 32.6 Å². The van der Waals surface area contributed by atoms with E-state index in [1.165, 1.54) is 0 Å². The lowest BCUT2D eigenvalue weighted by Crippen LogP contribution is -2.38. The van der Waals surface area contributed by atoms with Gasteiger partial charge in [-0.2, -0.15) is 0 Å². The van der Waals surface area contributed by atoms with Gasteiger partial charge >= 0.3 is 0 Å². The van der Waals surface area contributed by atoms with Crippen molar-refractivity contribution in [1.29, 1.82) is 0 Å². The van der Waals surface area contributed by atoms with Crippen molar-refractivity contribution in [1.82, 2.24) is 15.1 Å². The third-order valence-corrected chi connectivity index (χ3v) is 3.32. The van der Waals surface area contributed by atoms with E-state index in [0.29, 0.717) is 6.04 Å². The average Bonchev–Trinajstić information content (AvgIpc) is 2.58. The molecule has 0 bridgehead atoms. The summed E-state index contributed by atoms with van der Waals surface area (Å²) < 4.78 is 0. The number of hydrogen-bond donors (Lipinski definition) is 1. The lowest BCUT2D eigenvalue weighted by atomic mass is 10.2. The van der Waals surface area contributed by atoms with Gasteiger partial charge < -0.3 is 9.80 Å². The molecular weight excluding hydrogens is 202 g/mol. The Kier molecular flexibility index (Phi) is 5.22. The number of hydrogen-bond acceptors (Lipinski definition) is 3. The van der Waals surface area contributed by atoms with Gasteiger partial charge in [0.05, 0.1) is 12.7 Å². The van der Waals surface area contributed by atoms with Gasteiger partial charge in [0.2, 0.25) is 5.91 Å². The summed E-state index contributed by atoms with van der Waals surface area (Å²) in [5, 5.41) is 3.27. The predicted molar refractivity (Wildman–Crippen MR) is 66.2 cm³/mol. The van der Waals surface area contributed by atoms with Crippen molar-refractivity contribution >= 4 is 5.91 Å². The van der Waals surface area contributed by atoms with Crippen molar-refractivity contribution < 1.29 is 4.79 Å². The molecule has 1 saturated heterocycles. The van der Waals surface area contributed by atoms with Crippen LogP contribution in [0.3, 0.4) is 0 Å². The number of likely N-dealkylation sites (N-methyl/N-ethyl adjacent to an activating group) is 1. The Balaban J connectivity index is 2.32. The van der Waals surface area contributed by atoms with Crippen molar-refractivity contribution in [2.45, 2.75) is 45.7 Å². The molecule has 94 valence electrons. The zero-order valence-corrected chi connectivity index (χ0v) is 11.0. The van der Waals surface area contributed by atoms with Crippen molar-refractivity contribution in [2.24, 2.45) is 0 Å². The summed E-state index contributed by atoms with van der Waals surface area (Å²) in [7, 11) is 2.10. The fourth-order valence-electron chi connectivity index (χ4n) is 1.85. The first-order chi connectivity index (χ1) is 7.56. The molecule has 1 unspecified atom stereocenters.